The van der Waals surface area contributed by atoms with E-state index in [-0.39, 0.29) is 17.8 Å². The molecule has 1 aliphatic rings. The molecule has 1 N–H and O–H groups in total. The van der Waals surface area contributed by atoms with Crippen LogP contribution in [0, 0.1) is 5.82 Å². The largest absolute Gasteiger partial charge is 0.393 e. The minimum atomic E-state index is -0.302. The van der Waals surface area contributed by atoms with Gasteiger partial charge in [0.05, 0.1) is 6.10 Å². The van der Waals surface area contributed by atoms with Crippen molar-refractivity contribution >= 4 is 17.7 Å². The molecule has 3 nitrogen and oxygen atoms in total. The quantitative estimate of drug-likeness (QED) is 0.836. The number of likely N-dealkylation sites (tertiary alicyclic amines) is 1. The van der Waals surface area contributed by atoms with Crippen LogP contribution in [-0.4, -0.2) is 41.4 Å². The number of rotatable bonds is 2. The van der Waals surface area contributed by atoms with E-state index >= 15 is 0 Å². The molecule has 2 rings (SSSR count). The van der Waals surface area contributed by atoms with Gasteiger partial charge in [-0.1, -0.05) is 0 Å². The number of carbonyl (C=O) groups is 1. The third-order valence-corrected chi connectivity index (χ3v) is 3.90. The van der Waals surface area contributed by atoms with Gasteiger partial charge in [0.25, 0.3) is 5.91 Å². The Morgan fingerprint density at radius 1 is 1.44 bits per heavy atom. The second-order valence-corrected chi connectivity index (χ2v) is 5.22. The van der Waals surface area contributed by atoms with Crippen molar-refractivity contribution in [2.24, 2.45) is 0 Å². The van der Waals surface area contributed by atoms with Gasteiger partial charge >= 0.3 is 0 Å². The molecule has 98 valence electrons. The van der Waals surface area contributed by atoms with Crippen LogP contribution in [0.25, 0.3) is 0 Å². The van der Waals surface area contributed by atoms with Crippen LogP contribution in [0.15, 0.2) is 23.1 Å². The Kier molecular flexibility index (Phi) is 4.24. The van der Waals surface area contributed by atoms with Crippen LogP contribution in [-0.2, 0) is 0 Å². The third-order valence-electron chi connectivity index (χ3n) is 3.15. The summed E-state index contributed by atoms with van der Waals surface area (Å²) in [5.74, 6) is -0.384. The van der Waals surface area contributed by atoms with Crippen molar-refractivity contribution in [1.82, 2.24) is 4.90 Å². The number of carbonyl (C=O) groups excluding carboxylic acids is 1. The first-order valence-electron chi connectivity index (χ1n) is 5.92. The lowest BCUT2D eigenvalue weighted by atomic mass is 10.1. The number of thioether (sulfide) groups is 1. The van der Waals surface area contributed by atoms with Crippen LogP contribution in [0.3, 0.4) is 0 Å². The van der Waals surface area contributed by atoms with E-state index in [1.54, 1.807) is 17.2 Å². The monoisotopic (exact) mass is 269 g/mol. The van der Waals surface area contributed by atoms with Crippen molar-refractivity contribution in [1.29, 1.82) is 0 Å². The Hall–Kier alpha value is -1.07. The van der Waals surface area contributed by atoms with Crippen molar-refractivity contribution < 1.29 is 14.3 Å². The third kappa shape index (κ3) is 2.84. The molecule has 1 fully saturated rings. The van der Waals surface area contributed by atoms with Gasteiger partial charge in [0.15, 0.2) is 0 Å². The zero-order valence-electron chi connectivity index (χ0n) is 10.2. The highest BCUT2D eigenvalue weighted by Crippen LogP contribution is 2.22. The van der Waals surface area contributed by atoms with E-state index < -0.39 is 0 Å². The molecular formula is C13H16FNO2S. The zero-order chi connectivity index (χ0) is 13.1. The molecule has 0 radical (unpaired) electrons. The van der Waals surface area contributed by atoms with Gasteiger partial charge in [0.1, 0.15) is 5.82 Å². The first-order chi connectivity index (χ1) is 8.61. The molecule has 0 unspecified atom stereocenters. The van der Waals surface area contributed by atoms with E-state index in [4.69, 9.17) is 0 Å². The maximum Gasteiger partial charge on any atom is 0.253 e. The molecule has 1 amide bonds. The topological polar surface area (TPSA) is 40.5 Å². The first-order valence-corrected chi connectivity index (χ1v) is 7.15. The molecule has 0 aliphatic carbocycles. The predicted octanol–water partition coefficient (Wildman–Crippen LogP) is 2.14. The van der Waals surface area contributed by atoms with Crippen LogP contribution in [0.5, 0.6) is 0 Å². The van der Waals surface area contributed by atoms with Crippen molar-refractivity contribution in [3.8, 4) is 0 Å². The summed E-state index contributed by atoms with van der Waals surface area (Å²) in [6.45, 7) is 1.12. The zero-order valence-corrected chi connectivity index (χ0v) is 11.0. The lowest BCUT2D eigenvalue weighted by Crippen LogP contribution is -2.40. The van der Waals surface area contributed by atoms with Gasteiger partial charge < -0.3 is 10.0 Å². The molecule has 0 bridgehead atoms. The number of nitrogens with zero attached hydrogens (tertiary/aromatic N) is 1. The molecule has 0 aromatic heterocycles. The predicted molar refractivity (Wildman–Crippen MR) is 69.3 cm³/mol. The Morgan fingerprint density at radius 2 is 2.11 bits per heavy atom. The van der Waals surface area contributed by atoms with Gasteiger partial charge in [-0.3, -0.25) is 4.79 Å². The molecule has 0 atom stereocenters. The van der Waals surface area contributed by atoms with Gasteiger partial charge in [-0.05, 0) is 37.3 Å². The molecule has 1 aliphatic heterocycles. The molecule has 18 heavy (non-hydrogen) atoms. The molecule has 5 heteroatoms. The number of halogens is 1. The number of aliphatic hydroxyl groups is 1. The summed E-state index contributed by atoms with van der Waals surface area (Å²) >= 11 is 1.29. The second kappa shape index (κ2) is 5.71. The van der Waals surface area contributed by atoms with Gasteiger partial charge in [-0.15, -0.1) is 11.8 Å². The fourth-order valence-corrected chi connectivity index (χ4v) is 2.55. The van der Waals surface area contributed by atoms with Crippen molar-refractivity contribution in [3.63, 3.8) is 0 Å². The average Bonchev–Trinajstić information content (AvgIpc) is 2.39. The summed E-state index contributed by atoms with van der Waals surface area (Å²) in [5, 5.41) is 9.41. The lowest BCUT2D eigenvalue weighted by molar-refractivity contribution is 0.0546. The molecular weight excluding hydrogens is 253 g/mol. The molecule has 1 heterocycles. The number of amides is 1. The summed E-state index contributed by atoms with van der Waals surface area (Å²) in [5.41, 5.74) is 0.511. The van der Waals surface area contributed by atoms with Crippen molar-refractivity contribution in [3.05, 3.63) is 29.6 Å². The summed E-state index contributed by atoms with van der Waals surface area (Å²) in [7, 11) is 0. The SMILES string of the molecule is CSc1cc(C(=O)N2CCC(O)CC2)ccc1F. The molecule has 1 aromatic carbocycles. The van der Waals surface area contributed by atoms with Gasteiger partial charge in [0, 0.05) is 23.5 Å². The van der Waals surface area contributed by atoms with E-state index in [0.29, 0.717) is 36.4 Å². The highest BCUT2D eigenvalue weighted by Gasteiger charge is 2.22. The smallest absolute Gasteiger partial charge is 0.253 e. The minimum absolute atomic E-state index is 0.0859. The Labute approximate surface area is 110 Å². The van der Waals surface area contributed by atoms with Crippen LogP contribution < -0.4 is 0 Å². The van der Waals surface area contributed by atoms with Crippen molar-refractivity contribution in [2.75, 3.05) is 19.3 Å². The lowest BCUT2D eigenvalue weighted by Gasteiger charge is -2.29. The summed E-state index contributed by atoms with van der Waals surface area (Å²) in [6, 6.07) is 4.44. The van der Waals surface area contributed by atoms with Gasteiger partial charge in [-0.25, -0.2) is 4.39 Å². The highest BCUT2D eigenvalue weighted by molar-refractivity contribution is 7.98. The maximum atomic E-state index is 13.3. The number of benzene rings is 1. The van der Waals surface area contributed by atoms with E-state index in [2.05, 4.69) is 0 Å². The van der Waals surface area contributed by atoms with Crippen molar-refractivity contribution in [2.45, 2.75) is 23.8 Å². The Balaban J connectivity index is 2.13. The summed E-state index contributed by atoms with van der Waals surface area (Å²) in [6.07, 6.45) is 2.71. The highest BCUT2D eigenvalue weighted by atomic mass is 32.2. The fraction of sp³-hybridized carbons (Fsp3) is 0.462. The van der Waals surface area contributed by atoms with Crippen LogP contribution in [0.1, 0.15) is 23.2 Å². The van der Waals surface area contributed by atoms with E-state index in [9.17, 15) is 14.3 Å². The summed E-state index contributed by atoms with van der Waals surface area (Å²) < 4.78 is 13.3. The number of piperidine rings is 1. The van der Waals surface area contributed by atoms with Gasteiger partial charge in [0.2, 0.25) is 0 Å². The average molecular weight is 269 g/mol. The minimum Gasteiger partial charge on any atom is -0.393 e. The van der Waals surface area contributed by atoms with Crippen LogP contribution in [0.4, 0.5) is 4.39 Å². The first kappa shape index (κ1) is 13.4. The number of hydrogen-bond acceptors (Lipinski definition) is 3. The maximum absolute atomic E-state index is 13.3. The fourth-order valence-electron chi connectivity index (χ4n) is 2.04. The van der Waals surface area contributed by atoms with E-state index in [1.165, 1.54) is 23.9 Å². The Morgan fingerprint density at radius 3 is 2.72 bits per heavy atom. The van der Waals surface area contributed by atoms with E-state index in [1.807, 2.05) is 0 Å². The van der Waals surface area contributed by atoms with Crippen LogP contribution >= 0.6 is 11.8 Å². The Bertz CT molecular complexity index is 445. The van der Waals surface area contributed by atoms with E-state index in [0.717, 1.165) is 0 Å². The normalized spacial score (nSPS) is 16.9. The molecule has 0 spiro atoms. The number of aliphatic hydroxyl groups excluding tert-OH is 1. The summed E-state index contributed by atoms with van der Waals surface area (Å²) in [4.78, 5) is 14.4. The van der Waals surface area contributed by atoms with Gasteiger partial charge in [-0.2, -0.15) is 0 Å². The van der Waals surface area contributed by atoms with Crippen LogP contribution in [0.2, 0.25) is 0 Å². The number of hydrogen-bond donors (Lipinski definition) is 1. The second-order valence-electron chi connectivity index (χ2n) is 4.37. The standard InChI is InChI=1S/C13H16FNO2S/c1-18-12-8-9(2-3-11(12)14)13(17)15-6-4-10(16)5-7-15/h2-3,8,10,16H,4-7H2,1H3. The molecule has 1 aromatic rings. The molecule has 0 saturated carbocycles. The molecule has 1 saturated heterocycles.